The number of phenolic OH excluding ortho intramolecular Hbond substituents is 1. The van der Waals surface area contributed by atoms with Crippen LogP contribution in [0.15, 0.2) is 24.3 Å². The van der Waals surface area contributed by atoms with Crippen LogP contribution >= 0.6 is 12.6 Å². The zero-order chi connectivity index (χ0) is 25.0. The summed E-state index contributed by atoms with van der Waals surface area (Å²) in [6, 6.07) is 1.76. The molecule has 33 heavy (non-hydrogen) atoms. The molecular formula is C21H33N5O6S. The monoisotopic (exact) mass is 483 g/mol. The van der Waals surface area contributed by atoms with Gasteiger partial charge in [-0.25, -0.2) is 4.79 Å². The highest BCUT2D eigenvalue weighted by Crippen LogP contribution is 2.11. The molecule has 4 atom stereocenters. The molecule has 184 valence electrons. The Bertz CT molecular complexity index is 807. The molecule has 0 aliphatic heterocycles. The van der Waals surface area contributed by atoms with Crippen molar-refractivity contribution in [1.29, 1.82) is 0 Å². The van der Waals surface area contributed by atoms with Crippen LogP contribution in [0.25, 0.3) is 0 Å². The first-order valence-corrected chi connectivity index (χ1v) is 11.2. The molecule has 0 spiro atoms. The molecule has 0 radical (unpaired) electrons. The van der Waals surface area contributed by atoms with Crippen molar-refractivity contribution in [2.45, 2.75) is 56.8 Å². The minimum absolute atomic E-state index is 0.0247. The molecule has 1 aromatic carbocycles. The van der Waals surface area contributed by atoms with Gasteiger partial charge in [-0.05, 0) is 44.0 Å². The Hall–Kier alpha value is -2.83. The van der Waals surface area contributed by atoms with E-state index in [1.165, 1.54) is 19.1 Å². The molecule has 0 aliphatic rings. The van der Waals surface area contributed by atoms with E-state index in [-0.39, 0.29) is 17.9 Å². The summed E-state index contributed by atoms with van der Waals surface area (Å²) in [7, 11) is 0. The van der Waals surface area contributed by atoms with Gasteiger partial charge in [0.15, 0.2) is 0 Å². The van der Waals surface area contributed by atoms with Crippen LogP contribution in [-0.4, -0.2) is 70.4 Å². The maximum Gasteiger partial charge on any atom is 0.326 e. The lowest BCUT2D eigenvalue weighted by Crippen LogP contribution is -2.57. The van der Waals surface area contributed by atoms with Gasteiger partial charge in [-0.15, -0.1) is 0 Å². The second kappa shape index (κ2) is 14.3. The summed E-state index contributed by atoms with van der Waals surface area (Å²) in [5.74, 6) is -3.20. The van der Waals surface area contributed by atoms with Crippen LogP contribution in [0.4, 0.5) is 0 Å². The Labute approximate surface area is 198 Å². The Morgan fingerprint density at radius 2 is 1.58 bits per heavy atom. The van der Waals surface area contributed by atoms with E-state index in [4.69, 9.17) is 11.5 Å². The standard InChI is InChI=1S/C21H33N5O6S/c1-12(24-19(29)15(23)4-2-3-9-22)18(28)26-17(11-33)20(30)25-16(21(31)32)10-13-5-7-14(27)8-6-13/h5-8,12,15-17,27,33H,2-4,9-11,22-23H2,1H3,(H,24,29)(H,25,30)(H,26,28)(H,31,32). The van der Waals surface area contributed by atoms with Crippen LogP contribution in [0.1, 0.15) is 31.7 Å². The molecule has 9 N–H and O–H groups in total. The maximum absolute atomic E-state index is 12.6. The molecule has 3 amide bonds. The Balaban J connectivity index is 2.65. The number of thiol groups is 1. The molecule has 4 unspecified atom stereocenters. The summed E-state index contributed by atoms with van der Waals surface area (Å²) in [4.78, 5) is 48.7. The minimum atomic E-state index is -1.26. The van der Waals surface area contributed by atoms with Crippen molar-refractivity contribution in [3.8, 4) is 5.75 Å². The van der Waals surface area contributed by atoms with Gasteiger partial charge in [0.1, 0.15) is 23.9 Å². The lowest BCUT2D eigenvalue weighted by Gasteiger charge is -2.23. The first-order valence-electron chi connectivity index (χ1n) is 10.6. The number of carbonyl (C=O) groups excluding carboxylic acids is 3. The number of carboxylic acid groups (broad SMARTS) is 1. The Kier molecular flexibility index (Phi) is 12.3. The average molecular weight is 484 g/mol. The number of aliphatic carboxylic acids is 1. The SMILES string of the molecule is CC(NC(=O)C(N)CCCCN)C(=O)NC(CS)C(=O)NC(Cc1ccc(O)cc1)C(=O)O. The number of nitrogens with two attached hydrogens (primary N) is 2. The summed E-state index contributed by atoms with van der Waals surface area (Å²) in [6.07, 6.45) is 1.82. The van der Waals surface area contributed by atoms with Crippen LogP contribution in [0, 0.1) is 0 Å². The normalized spacial score (nSPS) is 14.4. The summed E-state index contributed by atoms with van der Waals surface area (Å²) in [6.45, 7) is 1.94. The molecule has 1 rings (SSSR count). The molecular weight excluding hydrogens is 450 g/mol. The van der Waals surface area contributed by atoms with Gasteiger partial charge in [-0.1, -0.05) is 18.6 Å². The van der Waals surface area contributed by atoms with E-state index in [2.05, 4.69) is 28.6 Å². The molecule has 0 saturated heterocycles. The van der Waals surface area contributed by atoms with Crippen LogP contribution in [0.5, 0.6) is 5.75 Å². The lowest BCUT2D eigenvalue weighted by atomic mass is 10.1. The summed E-state index contributed by atoms with van der Waals surface area (Å²) >= 11 is 4.06. The number of carbonyl (C=O) groups is 4. The van der Waals surface area contributed by atoms with E-state index in [1.807, 2.05) is 0 Å². The zero-order valence-electron chi connectivity index (χ0n) is 18.5. The quantitative estimate of drug-likeness (QED) is 0.120. The van der Waals surface area contributed by atoms with Gasteiger partial charge in [0.25, 0.3) is 0 Å². The van der Waals surface area contributed by atoms with Crippen molar-refractivity contribution < 1.29 is 29.4 Å². The van der Waals surface area contributed by atoms with Gasteiger partial charge in [-0.3, -0.25) is 14.4 Å². The Morgan fingerprint density at radius 1 is 0.970 bits per heavy atom. The molecule has 0 saturated carbocycles. The highest BCUT2D eigenvalue weighted by Gasteiger charge is 2.28. The summed E-state index contributed by atoms with van der Waals surface area (Å²) in [5.41, 5.74) is 11.8. The minimum Gasteiger partial charge on any atom is -0.508 e. The highest BCUT2D eigenvalue weighted by atomic mass is 32.1. The number of rotatable bonds is 14. The van der Waals surface area contributed by atoms with Crippen molar-refractivity contribution in [2.24, 2.45) is 11.5 Å². The number of amides is 3. The second-order valence-electron chi connectivity index (χ2n) is 7.63. The fourth-order valence-corrected chi connectivity index (χ4v) is 3.11. The van der Waals surface area contributed by atoms with E-state index in [1.54, 1.807) is 12.1 Å². The molecule has 0 heterocycles. The van der Waals surface area contributed by atoms with Crippen LogP contribution in [-0.2, 0) is 25.6 Å². The van der Waals surface area contributed by atoms with Crippen LogP contribution in [0.2, 0.25) is 0 Å². The molecule has 0 bridgehead atoms. The highest BCUT2D eigenvalue weighted by molar-refractivity contribution is 7.80. The van der Waals surface area contributed by atoms with E-state index in [9.17, 15) is 29.4 Å². The van der Waals surface area contributed by atoms with E-state index >= 15 is 0 Å². The third-order valence-corrected chi connectivity index (χ3v) is 5.23. The summed E-state index contributed by atoms with van der Waals surface area (Å²) < 4.78 is 0. The molecule has 12 heteroatoms. The van der Waals surface area contributed by atoms with Crippen molar-refractivity contribution >= 4 is 36.3 Å². The molecule has 1 aromatic rings. The van der Waals surface area contributed by atoms with Gasteiger partial charge < -0.3 is 37.6 Å². The molecule has 0 fully saturated rings. The third kappa shape index (κ3) is 10.1. The molecule has 0 aromatic heterocycles. The first-order chi connectivity index (χ1) is 15.6. The maximum atomic E-state index is 12.6. The Morgan fingerprint density at radius 3 is 2.12 bits per heavy atom. The number of hydrogen-bond donors (Lipinski definition) is 8. The van der Waals surface area contributed by atoms with Crippen LogP contribution < -0.4 is 27.4 Å². The van der Waals surface area contributed by atoms with Crippen molar-refractivity contribution in [3.63, 3.8) is 0 Å². The van der Waals surface area contributed by atoms with Gasteiger partial charge in [0.05, 0.1) is 6.04 Å². The number of unbranched alkanes of at least 4 members (excludes halogenated alkanes) is 1. The number of benzene rings is 1. The number of nitrogens with one attached hydrogen (secondary N) is 3. The topological polar surface area (TPSA) is 197 Å². The predicted octanol–water partition coefficient (Wildman–Crippen LogP) is -1.12. The average Bonchev–Trinajstić information content (AvgIpc) is 2.77. The van der Waals surface area contributed by atoms with Gasteiger partial charge >= 0.3 is 5.97 Å². The summed E-state index contributed by atoms with van der Waals surface area (Å²) in [5, 5.41) is 26.1. The van der Waals surface area contributed by atoms with Crippen molar-refractivity contribution in [3.05, 3.63) is 29.8 Å². The number of aromatic hydroxyl groups is 1. The zero-order valence-corrected chi connectivity index (χ0v) is 19.4. The fourth-order valence-electron chi connectivity index (χ4n) is 2.86. The number of carboxylic acids is 1. The second-order valence-corrected chi connectivity index (χ2v) is 8.00. The first kappa shape index (κ1) is 28.2. The van der Waals surface area contributed by atoms with E-state index in [0.29, 0.717) is 24.9 Å². The molecule has 0 aliphatic carbocycles. The van der Waals surface area contributed by atoms with Crippen LogP contribution in [0.3, 0.4) is 0 Å². The van der Waals surface area contributed by atoms with E-state index < -0.39 is 47.9 Å². The van der Waals surface area contributed by atoms with Gasteiger partial charge in [0.2, 0.25) is 17.7 Å². The number of phenols is 1. The predicted molar refractivity (Wildman–Crippen MR) is 126 cm³/mol. The lowest BCUT2D eigenvalue weighted by molar-refractivity contribution is -0.142. The van der Waals surface area contributed by atoms with Gasteiger partial charge in [-0.2, -0.15) is 12.6 Å². The largest absolute Gasteiger partial charge is 0.508 e. The van der Waals surface area contributed by atoms with Gasteiger partial charge in [0, 0.05) is 12.2 Å². The third-order valence-electron chi connectivity index (χ3n) is 4.86. The molecule has 11 nitrogen and oxygen atoms in total. The number of hydrogen-bond acceptors (Lipinski definition) is 8. The van der Waals surface area contributed by atoms with Crippen molar-refractivity contribution in [2.75, 3.05) is 12.3 Å². The smallest absolute Gasteiger partial charge is 0.326 e. The fraction of sp³-hybridized carbons (Fsp3) is 0.524. The van der Waals surface area contributed by atoms with E-state index in [0.717, 1.165) is 6.42 Å². The van der Waals surface area contributed by atoms with Crippen molar-refractivity contribution in [1.82, 2.24) is 16.0 Å².